The van der Waals surface area contributed by atoms with Crippen LogP contribution in [0.15, 0.2) is 91.0 Å². The highest BCUT2D eigenvalue weighted by molar-refractivity contribution is 6.13. The molecule has 2 aliphatic carbocycles. The van der Waals surface area contributed by atoms with Crippen LogP contribution in [-0.4, -0.2) is 14.5 Å². The molecule has 0 saturated carbocycles. The molecule has 2 heterocycles. The standard InChI is InChI=1S/C46H51N3/c1-41(2)31-23-24-35-38(39(31)44(7,8)46(41,11)12)30-25-32-33(43(5,6)45(9,10)42(32,3)4)26-36(30)49(35)37-27-34(28-19-15-13-16-20-28)47-40(48-37)29-21-17-14-18-22-29/h13-27H,1-12H3. The lowest BCUT2D eigenvalue weighted by atomic mass is 9.59. The lowest BCUT2D eigenvalue weighted by Gasteiger charge is -2.44. The van der Waals surface area contributed by atoms with Gasteiger partial charge in [-0.1, -0.05) is 150 Å². The molecule has 0 unspecified atom stereocenters. The number of aromatic nitrogens is 3. The highest BCUT2D eigenvalue weighted by atomic mass is 15.1. The smallest absolute Gasteiger partial charge is 0.162 e. The van der Waals surface area contributed by atoms with E-state index in [1.807, 2.05) is 0 Å². The van der Waals surface area contributed by atoms with Gasteiger partial charge in [0, 0.05) is 28.0 Å². The number of nitrogens with zero attached hydrogens (tertiary/aromatic N) is 3. The average molecular weight is 646 g/mol. The Morgan fingerprint density at radius 3 is 1.61 bits per heavy atom. The van der Waals surface area contributed by atoms with Gasteiger partial charge in [-0.05, 0) is 72.9 Å². The summed E-state index contributed by atoms with van der Waals surface area (Å²) in [5, 5.41) is 2.70. The molecule has 49 heavy (non-hydrogen) atoms. The van der Waals surface area contributed by atoms with E-state index in [1.54, 1.807) is 0 Å². The van der Waals surface area contributed by atoms with Crippen LogP contribution in [0.1, 0.15) is 105 Å². The molecule has 2 aliphatic rings. The third-order valence-corrected chi connectivity index (χ3v) is 15.0. The molecule has 3 nitrogen and oxygen atoms in total. The molecule has 0 N–H and O–H groups in total. The number of benzene rings is 4. The van der Waals surface area contributed by atoms with Crippen molar-refractivity contribution in [2.45, 2.75) is 105 Å². The maximum absolute atomic E-state index is 5.40. The monoisotopic (exact) mass is 645 g/mol. The summed E-state index contributed by atoms with van der Waals surface area (Å²) in [6.07, 6.45) is 0. The van der Waals surface area contributed by atoms with Crippen molar-refractivity contribution in [2.75, 3.05) is 0 Å². The quantitative estimate of drug-likeness (QED) is 0.192. The topological polar surface area (TPSA) is 30.7 Å². The summed E-state index contributed by atoms with van der Waals surface area (Å²) in [5.74, 6) is 1.63. The van der Waals surface area contributed by atoms with Crippen molar-refractivity contribution in [3.8, 4) is 28.5 Å². The van der Waals surface area contributed by atoms with Gasteiger partial charge in [0.2, 0.25) is 0 Å². The summed E-state index contributed by atoms with van der Waals surface area (Å²) in [5.41, 5.74) is 11.3. The van der Waals surface area contributed by atoms with Crippen LogP contribution in [0.25, 0.3) is 50.3 Å². The zero-order valence-electron chi connectivity index (χ0n) is 31.5. The number of rotatable bonds is 3. The van der Waals surface area contributed by atoms with Crippen molar-refractivity contribution in [2.24, 2.45) is 10.8 Å². The van der Waals surface area contributed by atoms with E-state index in [0.29, 0.717) is 0 Å². The van der Waals surface area contributed by atoms with Gasteiger partial charge in [0.25, 0.3) is 0 Å². The molecule has 0 fully saturated rings. The maximum atomic E-state index is 5.40. The Balaban J connectivity index is 1.56. The van der Waals surface area contributed by atoms with Gasteiger partial charge in [-0.2, -0.15) is 0 Å². The molecule has 0 aliphatic heterocycles. The van der Waals surface area contributed by atoms with E-state index in [1.165, 1.54) is 44.1 Å². The van der Waals surface area contributed by atoms with Crippen LogP contribution in [0, 0.1) is 10.8 Å². The molecular weight excluding hydrogens is 595 g/mol. The second-order valence-electron chi connectivity index (χ2n) is 18.0. The normalized spacial score (nSPS) is 20.4. The number of fused-ring (bicyclic) bond motifs is 6. The van der Waals surface area contributed by atoms with Crippen LogP contribution in [0.4, 0.5) is 0 Å². The minimum Gasteiger partial charge on any atom is -0.294 e. The molecule has 0 atom stereocenters. The molecule has 250 valence electrons. The molecule has 4 aromatic carbocycles. The summed E-state index contributed by atoms with van der Waals surface area (Å²) in [4.78, 5) is 10.6. The average Bonchev–Trinajstić information content (AvgIpc) is 3.49. The van der Waals surface area contributed by atoms with Crippen LogP contribution in [-0.2, 0) is 21.7 Å². The maximum Gasteiger partial charge on any atom is 0.162 e. The summed E-state index contributed by atoms with van der Waals surface area (Å²) >= 11 is 0. The predicted molar refractivity (Wildman–Crippen MR) is 207 cm³/mol. The number of hydrogen-bond donors (Lipinski definition) is 0. The summed E-state index contributed by atoms with van der Waals surface area (Å²) in [7, 11) is 0. The largest absolute Gasteiger partial charge is 0.294 e. The second-order valence-corrected chi connectivity index (χ2v) is 18.0. The summed E-state index contributed by atoms with van der Waals surface area (Å²) in [6.45, 7) is 29.5. The van der Waals surface area contributed by atoms with E-state index in [-0.39, 0.29) is 32.5 Å². The Morgan fingerprint density at radius 1 is 0.469 bits per heavy atom. The fraction of sp³-hybridized carbons (Fsp3) is 0.391. The molecule has 6 aromatic rings. The Bertz CT molecular complexity index is 2250. The Labute approximate surface area is 292 Å². The van der Waals surface area contributed by atoms with E-state index in [4.69, 9.17) is 9.97 Å². The van der Waals surface area contributed by atoms with Crippen molar-refractivity contribution in [1.82, 2.24) is 14.5 Å². The molecular formula is C46H51N3. The summed E-state index contributed by atoms with van der Waals surface area (Å²) < 4.78 is 2.45. The van der Waals surface area contributed by atoms with Crippen LogP contribution >= 0.6 is 0 Å². The van der Waals surface area contributed by atoms with E-state index in [9.17, 15) is 0 Å². The second kappa shape index (κ2) is 9.71. The van der Waals surface area contributed by atoms with Gasteiger partial charge in [-0.15, -0.1) is 0 Å². The van der Waals surface area contributed by atoms with Crippen molar-refractivity contribution in [3.63, 3.8) is 0 Å². The minimum atomic E-state index is -0.0619. The summed E-state index contributed by atoms with van der Waals surface area (Å²) in [6, 6.07) is 33.0. The Hall–Kier alpha value is -4.24. The molecule has 8 rings (SSSR count). The lowest BCUT2D eigenvalue weighted by molar-refractivity contribution is 0.125. The first-order chi connectivity index (χ1) is 22.9. The van der Waals surface area contributed by atoms with Crippen LogP contribution < -0.4 is 0 Å². The highest BCUT2D eigenvalue weighted by Gasteiger charge is 2.59. The van der Waals surface area contributed by atoms with Crippen molar-refractivity contribution >= 4 is 21.8 Å². The molecule has 0 spiro atoms. The zero-order valence-corrected chi connectivity index (χ0v) is 31.5. The van der Waals surface area contributed by atoms with Crippen molar-refractivity contribution < 1.29 is 0 Å². The van der Waals surface area contributed by atoms with Crippen molar-refractivity contribution in [1.29, 1.82) is 0 Å². The lowest BCUT2D eigenvalue weighted by Crippen LogP contribution is -2.42. The molecule has 0 saturated heterocycles. The Morgan fingerprint density at radius 2 is 1.00 bits per heavy atom. The first-order valence-electron chi connectivity index (χ1n) is 18.0. The SMILES string of the molecule is CC1(C)c2cc3c4c5c(ccc4n(-c4cc(-c6ccccc6)nc(-c6ccccc6)n4)c3cc2C(C)(C)C1(C)C)C(C)(C)C(C)(C)C5(C)C. The van der Waals surface area contributed by atoms with E-state index < -0.39 is 0 Å². The van der Waals surface area contributed by atoms with Gasteiger partial charge in [-0.3, -0.25) is 4.57 Å². The minimum absolute atomic E-state index is 0.00364. The molecule has 3 heteroatoms. The van der Waals surface area contributed by atoms with Crippen LogP contribution in [0.2, 0.25) is 0 Å². The Kier molecular flexibility index (Phi) is 6.34. The third kappa shape index (κ3) is 3.85. The van der Waals surface area contributed by atoms with Crippen molar-refractivity contribution in [3.05, 3.63) is 113 Å². The molecule has 2 aromatic heterocycles. The zero-order chi connectivity index (χ0) is 35.1. The van der Waals surface area contributed by atoms with Gasteiger partial charge >= 0.3 is 0 Å². The van der Waals surface area contributed by atoms with Gasteiger partial charge < -0.3 is 0 Å². The van der Waals surface area contributed by atoms with E-state index >= 15 is 0 Å². The first kappa shape index (κ1) is 32.0. The van der Waals surface area contributed by atoms with Crippen LogP contribution in [0.5, 0.6) is 0 Å². The third-order valence-electron chi connectivity index (χ3n) is 15.0. The highest BCUT2D eigenvalue weighted by Crippen LogP contribution is 2.65. The van der Waals surface area contributed by atoms with Gasteiger partial charge in [0.1, 0.15) is 5.82 Å². The van der Waals surface area contributed by atoms with Gasteiger partial charge in [0.05, 0.1) is 16.7 Å². The fourth-order valence-electron chi connectivity index (χ4n) is 9.51. The predicted octanol–water partition coefficient (Wildman–Crippen LogP) is 12.1. The molecule has 0 bridgehead atoms. The fourth-order valence-corrected chi connectivity index (χ4v) is 9.51. The van der Waals surface area contributed by atoms with Crippen LogP contribution in [0.3, 0.4) is 0 Å². The number of hydrogen-bond acceptors (Lipinski definition) is 2. The first-order valence-corrected chi connectivity index (χ1v) is 18.0. The van der Waals surface area contributed by atoms with Gasteiger partial charge in [0.15, 0.2) is 5.82 Å². The van der Waals surface area contributed by atoms with E-state index in [0.717, 1.165) is 28.5 Å². The van der Waals surface area contributed by atoms with E-state index in [2.05, 4.69) is 179 Å². The van der Waals surface area contributed by atoms with Gasteiger partial charge in [-0.25, -0.2) is 9.97 Å². The molecule has 0 radical (unpaired) electrons. The molecule has 0 amide bonds.